The van der Waals surface area contributed by atoms with Crippen LogP contribution in [-0.4, -0.2) is 34.1 Å². The second-order valence-electron chi connectivity index (χ2n) is 4.56. The molecule has 7 heteroatoms. The summed E-state index contributed by atoms with van der Waals surface area (Å²) in [6.45, 7) is 0.0501. The van der Waals surface area contributed by atoms with Crippen LogP contribution >= 0.6 is 0 Å². The van der Waals surface area contributed by atoms with Gasteiger partial charge in [-0.3, -0.25) is 9.59 Å². The van der Waals surface area contributed by atoms with Gasteiger partial charge in [0.1, 0.15) is 12.3 Å². The smallest absolute Gasteiger partial charge is 0.255 e. The van der Waals surface area contributed by atoms with Gasteiger partial charge in [-0.15, -0.1) is 0 Å². The van der Waals surface area contributed by atoms with E-state index < -0.39 is 29.4 Å². The van der Waals surface area contributed by atoms with Crippen LogP contribution < -0.4 is 5.73 Å². The molecule has 0 aromatic heterocycles. The fraction of sp³-hybridized carbons (Fsp3) is 0.308. The van der Waals surface area contributed by atoms with Crippen molar-refractivity contribution < 1.29 is 23.9 Å². The molecule has 1 unspecified atom stereocenters. The first kappa shape index (κ1) is 14.0. The van der Waals surface area contributed by atoms with E-state index >= 15 is 0 Å². The fourth-order valence-corrected chi connectivity index (χ4v) is 2.27. The Labute approximate surface area is 114 Å². The third kappa shape index (κ3) is 2.34. The highest BCUT2D eigenvalue weighted by Gasteiger charge is 2.35. The summed E-state index contributed by atoms with van der Waals surface area (Å²) in [5, 5.41) is 9.30. The van der Waals surface area contributed by atoms with Crippen molar-refractivity contribution in [1.29, 1.82) is 0 Å². The van der Waals surface area contributed by atoms with Crippen molar-refractivity contribution in [3.63, 3.8) is 0 Å². The number of phenols is 1. The molecule has 1 aromatic rings. The number of rotatable bonds is 5. The van der Waals surface area contributed by atoms with Gasteiger partial charge in [-0.25, -0.2) is 4.39 Å². The minimum Gasteiger partial charge on any atom is -0.505 e. The van der Waals surface area contributed by atoms with E-state index in [1.165, 1.54) is 4.90 Å². The van der Waals surface area contributed by atoms with Gasteiger partial charge in [0.05, 0.1) is 0 Å². The predicted octanol–water partition coefficient (Wildman–Crippen LogP) is 0.320. The second kappa shape index (κ2) is 5.28. The summed E-state index contributed by atoms with van der Waals surface area (Å²) in [4.78, 5) is 35.2. The zero-order chi connectivity index (χ0) is 14.9. The number of aldehydes is 1. The molecule has 0 saturated heterocycles. The minimum atomic E-state index is -0.926. The summed E-state index contributed by atoms with van der Waals surface area (Å²) in [6.07, 6.45) is 0.843. The van der Waals surface area contributed by atoms with Gasteiger partial charge in [-0.05, 0) is 24.1 Å². The molecule has 0 spiro atoms. The van der Waals surface area contributed by atoms with Gasteiger partial charge in [-0.1, -0.05) is 0 Å². The number of phenolic OH excluding ortho intramolecular Hbond substituents is 1. The Morgan fingerprint density at radius 1 is 1.55 bits per heavy atom. The minimum absolute atomic E-state index is 0.0501. The van der Waals surface area contributed by atoms with Gasteiger partial charge in [-0.2, -0.15) is 0 Å². The third-order valence-electron chi connectivity index (χ3n) is 3.27. The molecule has 0 fully saturated rings. The summed E-state index contributed by atoms with van der Waals surface area (Å²) in [5.41, 5.74) is 5.76. The molecule has 3 N–H and O–H groups in total. The molecule has 1 atom stereocenters. The Hall–Kier alpha value is -2.44. The molecule has 1 aliphatic heterocycles. The molecule has 0 saturated carbocycles. The SMILES string of the molecule is NC(=O)C(CCC=O)N1Cc2cc(O)c(F)cc2C1=O. The van der Waals surface area contributed by atoms with Gasteiger partial charge in [0.25, 0.3) is 5.91 Å². The van der Waals surface area contributed by atoms with Crippen LogP contribution in [0, 0.1) is 5.82 Å². The summed E-state index contributed by atoms with van der Waals surface area (Å²) in [6, 6.07) is 1.16. The molecule has 20 heavy (non-hydrogen) atoms. The van der Waals surface area contributed by atoms with E-state index in [0.717, 1.165) is 12.1 Å². The van der Waals surface area contributed by atoms with Gasteiger partial charge >= 0.3 is 0 Å². The Balaban J connectivity index is 2.30. The van der Waals surface area contributed by atoms with E-state index in [4.69, 9.17) is 5.73 Å². The van der Waals surface area contributed by atoms with Crippen LogP contribution in [0.1, 0.15) is 28.8 Å². The van der Waals surface area contributed by atoms with Crippen molar-refractivity contribution >= 4 is 18.1 Å². The maximum Gasteiger partial charge on any atom is 0.255 e. The molecule has 2 amide bonds. The number of carbonyl (C=O) groups is 3. The van der Waals surface area contributed by atoms with E-state index in [1.807, 2.05) is 0 Å². The van der Waals surface area contributed by atoms with E-state index in [1.54, 1.807) is 0 Å². The first-order valence-electron chi connectivity index (χ1n) is 6.01. The molecule has 1 aliphatic rings. The number of halogens is 1. The Bertz CT molecular complexity index is 588. The Kier molecular flexibility index (Phi) is 3.69. The Morgan fingerprint density at radius 3 is 2.85 bits per heavy atom. The lowest BCUT2D eigenvalue weighted by Crippen LogP contribution is -2.44. The number of carbonyl (C=O) groups excluding carboxylic acids is 3. The van der Waals surface area contributed by atoms with E-state index in [2.05, 4.69) is 0 Å². The molecule has 1 aromatic carbocycles. The van der Waals surface area contributed by atoms with Gasteiger partial charge in [0, 0.05) is 18.5 Å². The highest BCUT2D eigenvalue weighted by molar-refractivity contribution is 6.01. The van der Waals surface area contributed by atoms with Crippen molar-refractivity contribution in [2.75, 3.05) is 0 Å². The monoisotopic (exact) mass is 280 g/mol. The maximum atomic E-state index is 13.3. The molecular weight excluding hydrogens is 267 g/mol. The highest BCUT2D eigenvalue weighted by atomic mass is 19.1. The first-order chi connectivity index (χ1) is 9.45. The number of primary amides is 1. The largest absolute Gasteiger partial charge is 0.505 e. The Morgan fingerprint density at radius 2 is 2.25 bits per heavy atom. The number of amides is 2. The van der Waals surface area contributed by atoms with Crippen molar-refractivity contribution in [2.45, 2.75) is 25.4 Å². The van der Waals surface area contributed by atoms with Crippen molar-refractivity contribution in [1.82, 2.24) is 4.90 Å². The number of nitrogens with zero attached hydrogens (tertiary/aromatic N) is 1. The van der Waals surface area contributed by atoms with E-state index in [0.29, 0.717) is 11.8 Å². The van der Waals surface area contributed by atoms with Crippen LogP contribution in [0.15, 0.2) is 12.1 Å². The van der Waals surface area contributed by atoms with Gasteiger partial charge in [0.15, 0.2) is 11.6 Å². The quantitative estimate of drug-likeness (QED) is 0.758. The molecule has 0 radical (unpaired) electrons. The van der Waals surface area contributed by atoms with Crippen LogP contribution in [-0.2, 0) is 16.1 Å². The molecule has 1 heterocycles. The summed E-state index contributed by atoms with van der Waals surface area (Å²) >= 11 is 0. The standard InChI is InChI=1S/C13H13FN2O4/c14-9-5-8-7(4-11(9)18)6-16(13(8)20)10(12(15)19)2-1-3-17/h3-5,10,18H,1-2,6H2,(H2,15,19). The van der Waals surface area contributed by atoms with E-state index in [-0.39, 0.29) is 24.9 Å². The van der Waals surface area contributed by atoms with Gasteiger partial charge < -0.3 is 20.5 Å². The van der Waals surface area contributed by atoms with Crippen LogP contribution in [0.3, 0.4) is 0 Å². The average Bonchev–Trinajstić information content (AvgIpc) is 2.68. The first-order valence-corrected chi connectivity index (χ1v) is 6.01. The molecule has 6 nitrogen and oxygen atoms in total. The lowest BCUT2D eigenvalue weighted by molar-refractivity contribution is -0.122. The zero-order valence-corrected chi connectivity index (χ0v) is 10.5. The normalized spacial score (nSPS) is 15.1. The number of nitrogens with two attached hydrogens (primary N) is 1. The highest BCUT2D eigenvalue weighted by Crippen LogP contribution is 2.30. The average molecular weight is 280 g/mol. The molecule has 0 aliphatic carbocycles. The van der Waals surface area contributed by atoms with Crippen LogP contribution in [0.25, 0.3) is 0 Å². The lowest BCUT2D eigenvalue weighted by atomic mass is 10.1. The zero-order valence-electron chi connectivity index (χ0n) is 10.5. The van der Waals surface area contributed by atoms with Crippen LogP contribution in [0.2, 0.25) is 0 Å². The number of aromatic hydroxyl groups is 1. The summed E-state index contributed by atoms with van der Waals surface area (Å²) in [5.74, 6) is -2.71. The van der Waals surface area contributed by atoms with Crippen LogP contribution in [0.5, 0.6) is 5.75 Å². The predicted molar refractivity (Wildman–Crippen MR) is 66.2 cm³/mol. The fourth-order valence-electron chi connectivity index (χ4n) is 2.27. The number of hydrogen-bond donors (Lipinski definition) is 2. The molecular formula is C13H13FN2O4. The van der Waals surface area contributed by atoms with Crippen molar-refractivity contribution in [2.24, 2.45) is 5.73 Å². The number of hydrogen-bond acceptors (Lipinski definition) is 4. The van der Waals surface area contributed by atoms with Crippen LogP contribution in [0.4, 0.5) is 4.39 Å². The van der Waals surface area contributed by atoms with Crippen molar-refractivity contribution in [3.05, 3.63) is 29.1 Å². The molecule has 2 rings (SSSR count). The molecule has 106 valence electrons. The topological polar surface area (TPSA) is 101 Å². The molecule has 0 bridgehead atoms. The third-order valence-corrected chi connectivity index (χ3v) is 3.27. The number of benzene rings is 1. The summed E-state index contributed by atoms with van der Waals surface area (Å²) in [7, 11) is 0. The summed E-state index contributed by atoms with van der Waals surface area (Å²) < 4.78 is 13.3. The maximum absolute atomic E-state index is 13.3. The number of fused-ring (bicyclic) bond motifs is 1. The van der Waals surface area contributed by atoms with Crippen molar-refractivity contribution in [3.8, 4) is 5.75 Å². The van der Waals surface area contributed by atoms with E-state index in [9.17, 15) is 23.9 Å². The second-order valence-corrected chi connectivity index (χ2v) is 4.56. The lowest BCUT2D eigenvalue weighted by Gasteiger charge is -2.24. The van der Waals surface area contributed by atoms with Gasteiger partial charge in [0.2, 0.25) is 5.91 Å².